The van der Waals surface area contributed by atoms with Crippen LogP contribution in [0.25, 0.3) is 0 Å². The van der Waals surface area contributed by atoms with Gasteiger partial charge in [-0.05, 0) is 43.2 Å². The third kappa shape index (κ3) is 7.38. The van der Waals surface area contributed by atoms with Crippen LogP contribution in [0.3, 0.4) is 0 Å². The van der Waals surface area contributed by atoms with Crippen molar-refractivity contribution in [2.45, 2.75) is 32.1 Å². The summed E-state index contributed by atoms with van der Waals surface area (Å²) in [6.45, 7) is 5.04. The number of carbonyl (C=O) groups is 1. The van der Waals surface area contributed by atoms with Gasteiger partial charge in [-0.1, -0.05) is 60.7 Å². The van der Waals surface area contributed by atoms with Crippen LogP contribution in [0.2, 0.25) is 0 Å². The number of guanidine groups is 1. The zero-order chi connectivity index (χ0) is 22.6. The van der Waals surface area contributed by atoms with Gasteiger partial charge in [0.25, 0.3) is 0 Å². The molecule has 0 bridgehead atoms. The van der Waals surface area contributed by atoms with Crippen molar-refractivity contribution in [3.05, 3.63) is 71.8 Å². The summed E-state index contributed by atoms with van der Waals surface area (Å²) in [6.07, 6.45) is 3.17. The lowest BCUT2D eigenvalue weighted by Gasteiger charge is -2.32. The monoisotopic (exact) mass is 436 g/mol. The van der Waals surface area contributed by atoms with Crippen LogP contribution in [-0.4, -0.2) is 61.2 Å². The second-order valence-corrected chi connectivity index (χ2v) is 8.38. The maximum absolute atomic E-state index is 12.7. The molecule has 3 rings (SSSR count). The van der Waals surface area contributed by atoms with Gasteiger partial charge in [-0.15, -0.1) is 0 Å². The van der Waals surface area contributed by atoms with Crippen molar-refractivity contribution in [2.24, 2.45) is 10.9 Å². The maximum atomic E-state index is 12.7. The molecule has 0 saturated carbocycles. The summed E-state index contributed by atoms with van der Waals surface area (Å²) in [5.41, 5.74) is 2.45. The van der Waals surface area contributed by atoms with Crippen molar-refractivity contribution in [1.29, 1.82) is 0 Å². The van der Waals surface area contributed by atoms with Crippen LogP contribution < -0.4 is 10.6 Å². The van der Waals surface area contributed by atoms with Crippen molar-refractivity contribution < 1.29 is 9.90 Å². The predicted octanol–water partition coefficient (Wildman–Crippen LogP) is 2.80. The molecule has 0 radical (unpaired) electrons. The Balaban J connectivity index is 1.46. The van der Waals surface area contributed by atoms with Crippen molar-refractivity contribution in [2.75, 3.05) is 39.3 Å². The van der Waals surface area contributed by atoms with E-state index in [1.54, 1.807) is 0 Å². The van der Waals surface area contributed by atoms with E-state index in [4.69, 9.17) is 0 Å². The molecular weight excluding hydrogens is 400 g/mol. The third-order valence-electron chi connectivity index (χ3n) is 6.06. The standard InChI is InChI=1S/C26H36N4O2/c1-2-27-26(28-18-24(20-31)23-11-7-4-8-12-23)29-19-25(32)30-15-13-22(14-16-30)17-21-9-5-3-6-10-21/h3-12,22,24,31H,2,13-20H2,1H3,(H2,27,28,29). The first-order valence-electron chi connectivity index (χ1n) is 11.7. The molecule has 1 fully saturated rings. The molecule has 32 heavy (non-hydrogen) atoms. The Bertz CT molecular complexity index is 833. The van der Waals surface area contributed by atoms with Crippen LogP contribution in [-0.2, 0) is 11.2 Å². The summed E-state index contributed by atoms with van der Waals surface area (Å²) in [5, 5.41) is 16.2. The van der Waals surface area contributed by atoms with Crippen LogP contribution >= 0.6 is 0 Å². The topological polar surface area (TPSA) is 77.0 Å². The van der Waals surface area contributed by atoms with E-state index in [2.05, 4.69) is 39.9 Å². The smallest absolute Gasteiger partial charge is 0.244 e. The van der Waals surface area contributed by atoms with Gasteiger partial charge in [0.2, 0.25) is 5.91 Å². The van der Waals surface area contributed by atoms with E-state index in [1.807, 2.05) is 48.2 Å². The normalized spacial score (nSPS) is 15.9. The van der Waals surface area contributed by atoms with Crippen LogP contribution in [0.5, 0.6) is 0 Å². The number of aliphatic hydroxyl groups excluding tert-OH is 1. The fourth-order valence-corrected chi connectivity index (χ4v) is 4.16. The second-order valence-electron chi connectivity index (χ2n) is 8.38. The van der Waals surface area contributed by atoms with E-state index in [-0.39, 0.29) is 25.0 Å². The fraction of sp³-hybridized carbons (Fsp3) is 0.462. The molecule has 0 aliphatic carbocycles. The fourth-order valence-electron chi connectivity index (χ4n) is 4.16. The van der Waals surface area contributed by atoms with E-state index >= 15 is 0 Å². The van der Waals surface area contributed by atoms with Crippen molar-refractivity contribution in [3.63, 3.8) is 0 Å². The Hall–Kier alpha value is -2.86. The Morgan fingerprint density at radius 2 is 1.72 bits per heavy atom. The van der Waals surface area contributed by atoms with Crippen LogP contribution in [0, 0.1) is 5.92 Å². The van der Waals surface area contributed by atoms with Gasteiger partial charge in [-0.3, -0.25) is 4.79 Å². The van der Waals surface area contributed by atoms with Crippen molar-refractivity contribution in [1.82, 2.24) is 15.5 Å². The average Bonchev–Trinajstić information content (AvgIpc) is 2.84. The van der Waals surface area contributed by atoms with Gasteiger partial charge in [-0.2, -0.15) is 0 Å². The molecule has 2 aromatic carbocycles. The van der Waals surface area contributed by atoms with Crippen LogP contribution in [0.1, 0.15) is 36.8 Å². The SMILES string of the molecule is CCNC(=NCC(=O)N1CCC(Cc2ccccc2)CC1)NCC(CO)c1ccccc1. The molecule has 1 atom stereocenters. The molecule has 1 aliphatic heterocycles. The van der Waals surface area contributed by atoms with Gasteiger partial charge in [0.05, 0.1) is 6.61 Å². The molecule has 1 unspecified atom stereocenters. The summed E-state index contributed by atoms with van der Waals surface area (Å²) in [5.74, 6) is 1.29. The van der Waals surface area contributed by atoms with Gasteiger partial charge < -0.3 is 20.6 Å². The number of hydrogen-bond donors (Lipinski definition) is 3. The summed E-state index contributed by atoms with van der Waals surface area (Å²) in [4.78, 5) is 19.1. The average molecular weight is 437 g/mol. The summed E-state index contributed by atoms with van der Waals surface area (Å²) in [6, 6.07) is 20.5. The lowest BCUT2D eigenvalue weighted by Crippen LogP contribution is -2.42. The number of amides is 1. The summed E-state index contributed by atoms with van der Waals surface area (Å²) >= 11 is 0. The molecule has 172 valence electrons. The Labute approximate surface area is 191 Å². The third-order valence-corrected chi connectivity index (χ3v) is 6.06. The molecule has 1 amide bonds. The molecule has 1 saturated heterocycles. The largest absolute Gasteiger partial charge is 0.396 e. The number of rotatable bonds is 9. The summed E-state index contributed by atoms with van der Waals surface area (Å²) in [7, 11) is 0. The second kappa shape index (κ2) is 12.9. The Morgan fingerprint density at radius 3 is 2.34 bits per heavy atom. The lowest BCUT2D eigenvalue weighted by atomic mass is 9.90. The quantitative estimate of drug-likeness (QED) is 0.417. The van der Waals surface area contributed by atoms with E-state index in [0.29, 0.717) is 25.0 Å². The molecule has 2 aromatic rings. The minimum atomic E-state index is -0.0283. The van der Waals surface area contributed by atoms with Gasteiger partial charge in [0.1, 0.15) is 6.54 Å². The molecule has 3 N–H and O–H groups in total. The number of benzene rings is 2. The zero-order valence-electron chi connectivity index (χ0n) is 19.0. The number of nitrogens with one attached hydrogen (secondary N) is 2. The first kappa shape index (κ1) is 23.8. The molecule has 1 aliphatic rings. The first-order valence-corrected chi connectivity index (χ1v) is 11.7. The highest BCUT2D eigenvalue weighted by atomic mass is 16.3. The molecular formula is C26H36N4O2. The molecule has 0 spiro atoms. The van der Waals surface area contributed by atoms with Gasteiger partial charge in [0, 0.05) is 32.1 Å². The molecule has 1 heterocycles. The number of nitrogens with zero attached hydrogens (tertiary/aromatic N) is 2. The lowest BCUT2D eigenvalue weighted by molar-refractivity contribution is -0.130. The summed E-state index contributed by atoms with van der Waals surface area (Å²) < 4.78 is 0. The Morgan fingerprint density at radius 1 is 1.06 bits per heavy atom. The van der Waals surface area contributed by atoms with Crippen LogP contribution in [0.4, 0.5) is 0 Å². The molecule has 0 aromatic heterocycles. The number of aliphatic hydroxyl groups is 1. The highest BCUT2D eigenvalue weighted by Gasteiger charge is 2.22. The minimum absolute atomic E-state index is 0.0283. The number of aliphatic imine (C=N–C) groups is 1. The predicted molar refractivity (Wildman–Crippen MR) is 130 cm³/mol. The van der Waals surface area contributed by atoms with Gasteiger partial charge >= 0.3 is 0 Å². The highest BCUT2D eigenvalue weighted by molar-refractivity contribution is 5.85. The van der Waals surface area contributed by atoms with E-state index in [0.717, 1.165) is 37.9 Å². The van der Waals surface area contributed by atoms with E-state index < -0.39 is 0 Å². The highest BCUT2D eigenvalue weighted by Crippen LogP contribution is 2.21. The first-order chi connectivity index (χ1) is 15.7. The van der Waals surface area contributed by atoms with E-state index in [9.17, 15) is 9.90 Å². The molecule has 6 heteroatoms. The Kier molecular flexibility index (Phi) is 9.57. The number of likely N-dealkylation sites (tertiary alicyclic amines) is 1. The van der Waals surface area contributed by atoms with Crippen LogP contribution in [0.15, 0.2) is 65.7 Å². The van der Waals surface area contributed by atoms with Crippen molar-refractivity contribution >= 4 is 11.9 Å². The number of hydrogen-bond acceptors (Lipinski definition) is 3. The van der Waals surface area contributed by atoms with Gasteiger partial charge in [-0.25, -0.2) is 4.99 Å². The number of piperidine rings is 1. The minimum Gasteiger partial charge on any atom is -0.396 e. The maximum Gasteiger partial charge on any atom is 0.244 e. The van der Waals surface area contributed by atoms with Gasteiger partial charge in [0.15, 0.2) is 5.96 Å². The molecule has 6 nitrogen and oxygen atoms in total. The number of carbonyl (C=O) groups excluding carboxylic acids is 1. The zero-order valence-corrected chi connectivity index (χ0v) is 19.0. The van der Waals surface area contributed by atoms with Crippen molar-refractivity contribution in [3.8, 4) is 0 Å². The van der Waals surface area contributed by atoms with E-state index in [1.165, 1.54) is 5.56 Å².